The largest absolute Gasteiger partial charge is 0.463 e. The van der Waals surface area contributed by atoms with Gasteiger partial charge in [-0.1, -0.05) is 23.5 Å². The van der Waals surface area contributed by atoms with Crippen LogP contribution < -0.4 is 24.7 Å². The summed E-state index contributed by atoms with van der Waals surface area (Å²) in [5.41, 5.74) is 3.41. The maximum absolute atomic E-state index is 14.0. The summed E-state index contributed by atoms with van der Waals surface area (Å²) in [6, 6.07) is 11.6. The molecule has 0 N–H and O–H groups in total. The first-order chi connectivity index (χ1) is 19.7. The van der Waals surface area contributed by atoms with Crippen molar-refractivity contribution in [2.45, 2.75) is 19.9 Å². The summed E-state index contributed by atoms with van der Waals surface area (Å²) >= 11 is 1.18. The highest BCUT2D eigenvalue weighted by atomic mass is 32.1. The minimum atomic E-state index is -0.743. The summed E-state index contributed by atoms with van der Waals surface area (Å²) in [7, 11) is 3.87. The fourth-order valence-corrected chi connectivity index (χ4v) is 6.10. The Morgan fingerprint density at radius 3 is 2.56 bits per heavy atom. The monoisotopic (exact) mass is 577 g/mol. The number of ether oxygens (including phenoxy) is 2. The van der Waals surface area contributed by atoms with Gasteiger partial charge in [0.15, 0.2) is 4.80 Å². The van der Waals surface area contributed by atoms with E-state index in [4.69, 9.17) is 9.47 Å². The molecule has 0 aliphatic carbocycles. The van der Waals surface area contributed by atoms with Crippen molar-refractivity contribution in [3.63, 3.8) is 0 Å². The van der Waals surface area contributed by atoms with Gasteiger partial charge in [0.1, 0.15) is 0 Å². The number of hydrogen-bond donors (Lipinski definition) is 0. The van der Waals surface area contributed by atoms with E-state index in [1.807, 2.05) is 43.3 Å². The first kappa shape index (κ1) is 28.2. The summed E-state index contributed by atoms with van der Waals surface area (Å²) in [6.45, 7) is 6.00. The van der Waals surface area contributed by atoms with Crippen molar-refractivity contribution in [1.82, 2.24) is 4.57 Å². The molecule has 0 saturated carbocycles. The SMILES string of the molecule is CCOC(=O)C1=C(C)N=c2s/c(=C\c3cc([N+](=O)[O-])ccc3N3CCOCC3)c(=O)n2C1c1ccc(N(C)C)cc1. The topological polar surface area (TPSA) is 120 Å². The molecule has 11 nitrogen and oxygen atoms in total. The smallest absolute Gasteiger partial charge is 0.338 e. The number of aromatic nitrogens is 1. The minimum Gasteiger partial charge on any atom is -0.463 e. The molecule has 0 amide bonds. The average Bonchev–Trinajstić information content (AvgIpc) is 3.26. The van der Waals surface area contributed by atoms with Crippen molar-refractivity contribution in [1.29, 1.82) is 0 Å². The Labute approximate surface area is 240 Å². The Balaban J connectivity index is 1.70. The second kappa shape index (κ2) is 11.7. The number of esters is 1. The zero-order valence-corrected chi connectivity index (χ0v) is 24.1. The molecule has 1 aromatic heterocycles. The lowest BCUT2D eigenvalue weighted by Crippen LogP contribution is -2.40. The Morgan fingerprint density at radius 2 is 1.93 bits per heavy atom. The molecule has 1 atom stereocenters. The van der Waals surface area contributed by atoms with Gasteiger partial charge in [-0.2, -0.15) is 0 Å². The van der Waals surface area contributed by atoms with Gasteiger partial charge in [0.25, 0.3) is 11.2 Å². The van der Waals surface area contributed by atoms with E-state index in [0.29, 0.717) is 52.5 Å². The third kappa shape index (κ3) is 5.52. The van der Waals surface area contributed by atoms with Crippen LogP contribution in [0.1, 0.15) is 31.0 Å². The summed E-state index contributed by atoms with van der Waals surface area (Å²) in [6.07, 6.45) is 1.68. The van der Waals surface area contributed by atoms with E-state index < -0.39 is 16.9 Å². The number of fused-ring (bicyclic) bond motifs is 1. The molecule has 2 aliphatic heterocycles. The molecule has 214 valence electrons. The van der Waals surface area contributed by atoms with E-state index in [-0.39, 0.29) is 17.9 Å². The number of thiazole rings is 1. The summed E-state index contributed by atoms with van der Waals surface area (Å²) in [5.74, 6) is -0.530. The number of nitrogens with zero attached hydrogens (tertiary/aromatic N) is 5. The lowest BCUT2D eigenvalue weighted by Gasteiger charge is -2.30. The van der Waals surface area contributed by atoms with Crippen molar-refractivity contribution in [2.24, 2.45) is 4.99 Å². The third-order valence-corrected chi connectivity index (χ3v) is 8.09. The number of morpholine rings is 1. The number of carbonyl (C=O) groups excluding carboxylic acids is 1. The van der Waals surface area contributed by atoms with E-state index in [1.165, 1.54) is 28.0 Å². The number of non-ortho nitro benzene ring substituents is 1. The molecular weight excluding hydrogens is 546 g/mol. The van der Waals surface area contributed by atoms with Gasteiger partial charge in [-0.3, -0.25) is 19.5 Å². The van der Waals surface area contributed by atoms with Crippen LogP contribution in [-0.2, 0) is 14.3 Å². The third-order valence-electron chi connectivity index (χ3n) is 7.10. The Morgan fingerprint density at radius 1 is 1.22 bits per heavy atom. The highest BCUT2D eigenvalue weighted by Crippen LogP contribution is 2.32. The minimum absolute atomic E-state index is 0.0691. The van der Waals surface area contributed by atoms with E-state index in [0.717, 1.165) is 16.9 Å². The first-order valence-electron chi connectivity index (χ1n) is 13.3. The number of nitro benzene ring substituents is 1. The van der Waals surface area contributed by atoms with Crippen LogP contribution in [0.5, 0.6) is 0 Å². The number of carbonyl (C=O) groups is 1. The van der Waals surface area contributed by atoms with E-state index in [2.05, 4.69) is 9.89 Å². The quantitative estimate of drug-likeness (QED) is 0.239. The summed E-state index contributed by atoms with van der Waals surface area (Å²) in [4.78, 5) is 47.5. The molecular formula is C29H31N5O6S. The number of benzene rings is 2. The van der Waals surface area contributed by atoms with Crippen molar-refractivity contribution in [2.75, 3.05) is 56.8 Å². The van der Waals surface area contributed by atoms with Crippen LogP contribution in [0.15, 0.2) is 63.5 Å². The normalized spacial score (nSPS) is 17.2. The van der Waals surface area contributed by atoms with Gasteiger partial charge in [0, 0.05) is 56.3 Å². The molecule has 5 rings (SSSR count). The molecule has 1 fully saturated rings. The summed E-state index contributed by atoms with van der Waals surface area (Å²) < 4.78 is 12.7. The van der Waals surface area contributed by atoms with Gasteiger partial charge < -0.3 is 19.3 Å². The van der Waals surface area contributed by atoms with Crippen LogP contribution in [0.2, 0.25) is 0 Å². The molecule has 1 saturated heterocycles. The fraction of sp³-hybridized carbons (Fsp3) is 0.345. The van der Waals surface area contributed by atoms with Crippen molar-refractivity contribution < 1.29 is 19.2 Å². The van der Waals surface area contributed by atoms with E-state index in [9.17, 15) is 19.7 Å². The van der Waals surface area contributed by atoms with Gasteiger partial charge in [-0.25, -0.2) is 9.79 Å². The van der Waals surface area contributed by atoms with Crippen molar-refractivity contribution in [3.8, 4) is 0 Å². The number of rotatable bonds is 7. The molecule has 0 radical (unpaired) electrons. The second-order valence-electron chi connectivity index (χ2n) is 9.89. The molecule has 12 heteroatoms. The van der Waals surface area contributed by atoms with Crippen LogP contribution in [0, 0.1) is 10.1 Å². The number of allylic oxidation sites excluding steroid dienone is 1. The lowest BCUT2D eigenvalue weighted by molar-refractivity contribution is -0.384. The molecule has 41 heavy (non-hydrogen) atoms. The molecule has 2 aliphatic rings. The maximum Gasteiger partial charge on any atom is 0.338 e. The van der Waals surface area contributed by atoms with Gasteiger partial charge in [0.2, 0.25) is 0 Å². The van der Waals surface area contributed by atoms with Gasteiger partial charge in [0.05, 0.1) is 46.6 Å². The number of hydrogen-bond acceptors (Lipinski definition) is 10. The van der Waals surface area contributed by atoms with Crippen molar-refractivity contribution in [3.05, 3.63) is 94.7 Å². The lowest BCUT2D eigenvalue weighted by atomic mass is 9.95. The van der Waals surface area contributed by atoms with Crippen LogP contribution >= 0.6 is 11.3 Å². The highest BCUT2D eigenvalue weighted by Gasteiger charge is 2.33. The van der Waals surface area contributed by atoms with Crippen LogP contribution in [0.3, 0.4) is 0 Å². The van der Waals surface area contributed by atoms with E-state index >= 15 is 0 Å². The molecule has 3 heterocycles. The molecule has 1 unspecified atom stereocenters. The molecule has 3 aromatic rings. The van der Waals surface area contributed by atoms with Gasteiger partial charge >= 0.3 is 5.97 Å². The zero-order valence-electron chi connectivity index (χ0n) is 23.3. The number of anilines is 2. The predicted octanol–water partition coefficient (Wildman–Crippen LogP) is 2.61. The highest BCUT2D eigenvalue weighted by molar-refractivity contribution is 7.07. The Bertz CT molecular complexity index is 1700. The van der Waals surface area contributed by atoms with Gasteiger partial charge in [-0.05, 0) is 43.7 Å². The predicted molar refractivity (Wildman–Crippen MR) is 157 cm³/mol. The fourth-order valence-electron chi connectivity index (χ4n) is 5.07. The molecule has 0 spiro atoms. The van der Waals surface area contributed by atoms with Crippen LogP contribution in [0.25, 0.3) is 6.08 Å². The second-order valence-corrected chi connectivity index (χ2v) is 10.9. The first-order valence-corrected chi connectivity index (χ1v) is 14.1. The number of nitro groups is 1. The maximum atomic E-state index is 14.0. The molecule has 2 aromatic carbocycles. The van der Waals surface area contributed by atoms with E-state index in [1.54, 1.807) is 26.0 Å². The standard InChI is InChI=1S/C29H31N5O6S/c1-5-40-28(36)25-18(2)30-29-33(26(25)19-6-8-21(9-7-19)31(3)4)27(35)24(41-29)17-20-16-22(34(37)38)10-11-23(20)32-12-14-39-15-13-32/h6-11,16-17,26H,5,12-15H2,1-4H3/b24-17-. The molecule has 0 bridgehead atoms. The zero-order chi connectivity index (χ0) is 29.3. The summed E-state index contributed by atoms with van der Waals surface area (Å²) in [5, 5.41) is 11.6. The Kier molecular flexibility index (Phi) is 8.04. The van der Waals surface area contributed by atoms with Crippen molar-refractivity contribution >= 4 is 40.4 Å². The average molecular weight is 578 g/mol. The van der Waals surface area contributed by atoms with Crippen LogP contribution in [0.4, 0.5) is 17.1 Å². The van der Waals surface area contributed by atoms with Crippen LogP contribution in [-0.4, -0.2) is 62.5 Å². The Hall–Kier alpha value is -4.29. The van der Waals surface area contributed by atoms with Gasteiger partial charge in [-0.15, -0.1) is 0 Å².